The Labute approximate surface area is 90.9 Å². The van der Waals surface area contributed by atoms with Crippen molar-refractivity contribution in [1.29, 1.82) is 0 Å². The molecule has 2 nitrogen and oxygen atoms in total. The second kappa shape index (κ2) is 3.69. The van der Waals surface area contributed by atoms with Gasteiger partial charge in [0.15, 0.2) is 0 Å². The van der Waals surface area contributed by atoms with Crippen molar-refractivity contribution in [2.45, 2.75) is 12.5 Å². The van der Waals surface area contributed by atoms with Crippen LogP contribution in [0.1, 0.15) is 11.8 Å². The van der Waals surface area contributed by atoms with Crippen molar-refractivity contribution >= 4 is 27.3 Å². The zero-order chi connectivity index (χ0) is 9.31. The van der Waals surface area contributed by atoms with E-state index in [2.05, 4.69) is 44.9 Å². The molecule has 1 fully saturated rings. The van der Waals surface area contributed by atoms with Crippen LogP contribution in [-0.4, -0.2) is 19.6 Å². The number of nitrogens with one attached hydrogen (secondary N) is 2. The molecule has 0 aliphatic carbocycles. The van der Waals surface area contributed by atoms with Gasteiger partial charge in [0.05, 0.1) is 5.54 Å². The molecule has 4 heteroatoms. The highest BCUT2D eigenvalue weighted by Crippen LogP contribution is 2.30. The van der Waals surface area contributed by atoms with Crippen LogP contribution in [0.5, 0.6) is 0 Å². The second-order valence-electron chi connectivity index (χ2n) is 3.56. The Kier molecular flexibility index (Phi) is 2.74. The van der Waals surface area contributed by atoms with Gasteiger partial charge in [-0.1, -0.05) is 0 Å². The molecule has 1 aliphatic rings. The molecule has 0 bridgehead atoms. The first-order chi connectivity index (χ1) is 6.21. The molecule has 1 aliphatic heterocycles. The topological polar surface area (TPSA) is 24.1 Å². The van der Waals surface area contributed by atoms with Gasteiger partial charge in [-0.05, 0) is 28.9 Å². The first-order valence-corrected chi connectivity index (χ1v) is 6.08. The fourth-order valence-corrected chi connectivity index (χ4v) is 3.17. The Bertz CT molecular complexity index is 292. The fourth-order valence-electron chi connectivity index (χ4n) is 1.60. The molecule has 0 aromatic carbocycles. The Morgan fingerprint density at radius 3 is 2.92 bits per heavy atom. The van der Waals surface area contributed by atoms with E-state index in [0.717, 1.165) is 19.6 Å². The smallest absolute Gasteiger partial charge is 0.0627 e. The van der Waals surface area contributed by atoms with Gasteiger partial charge in [0.25, 0.3) is 0 Å². The minimum atomic E-state index is 0.120. The van der Waals surface area contributed by atoms with E-state index in [-0.39, 0.29) is 5.54 Å². The fraction of sp³-hybridized carbons (Fsp3) is 0.556. The van der Waals surface area contributed by atoms with E-state index in [1.165, 1.54) is 9.35 Å². The molecule has 0 radical (unpaired) electrons. The summed E-state index contributed by atoms with van der Waals surface area (Å²) in [5.74, 6) is 0. The first-order valence-electron chi connectivity index (χ1n) is 4.41. The van der Waals surface area contributed by atoms with E-state index >= 15 is 0 Å². The summed E-state index contributed by atoms with van der Waals surface area (Å²) >= 11 is 5.29. The van der Waals surface area contributed by atoms with Gasteiger partial charge in [-0.2, -0.15) is 0 Å². The Hall–Kier alpha value is 0.1000. The number of piperazine rings is 1. The van der Waals surface area contributed by atoms with Crippen LogP contribution in [0.25, 0.3) is 0 Å². The summed E-state index contributed by atoms with van der Waals surface area (Å²) in [7, 11) is 0. The van der Waals surface area contributed by atoms with Crippen molar-refractivity contribution in [1.82, 2.24) is 10.6 Å². The molecule has 0 amide bonds. The zero-order valence-corrected chi connectivity index (χ0v) is 9.96. The molecule has 13 heavy (non-hydrogen) atoms. The lowest BCUT2D eigenvalue weighted by molar-refractivity contribution is 0.308. The lowest BCUT2D eigenvalue weighted by Crippen LogP contribution is -2.54. The lowest BCUT2D eigenvalue weighted by atomic mass is 9.98. The van der Waals surface area contributed by atoms with E-state index in [4.69, 9.17) is 0 Å². The van der Waals surface area contributed by atoms with E-state index < -0.39 is 0 Å². The standard InChI is InChI=1S/C9H13BrN2S/c1-9(6-11-2-3-12-9)8-4-7(10)5-13-8/h4-5,11-12H,2-3,6H2,1H3. The number of hydrogen-bond donors (Lipinski definition) is 2. The normalized spacial score (nSPS) is 29.1. The quantitative estimate of drug-likeness (QED) is 0.807. The molecule has 72 valence electrons. The van der Waals surface area contributed by atoms with E-state index in [1.807, 2.05) is 0 Å². The van der Waals surface area contributed by atoms with Gasteiger partial charge in [0.1, 0.15) is 0 Å². The summed E-state index contributed by atoms with van der Waals surface area (Å²) in [6.45, 7) is 5.38. The monoisotopic (exact) mass is 260 g/mol. The summed E-state index contributed by atoms with van der Waals surface area (Å²) in [6, 6.07) is 2.20. The molecular weight excluding hydrogens is 248 g/mol. The summed E-state index contributed by atoms with van der Waals surface area (Å²) in [6.07, 6.45) is 0. The average Bonchev–Trinajstić information content (AvgIpc) is 2.54. The maximum Gasteiger partial charge on any atom is 0.0627 e. The van der Waals surface area contributed by atoms with Gasteiger partial charge in [0.2, 0.25) is 0 Å². The van der Waals surface area contributed by atoms with Gasteiger partial charge in [0, 0.05) is 34.4 Å². The minimum Gasteiger partial charge on any atom is -0.313 e. The molecule has 2 rings (SSSR count). The van der Waals surface area contributed by atoms with E-state index in [0.29, 0.717) is 0 Å². The highest BCUT2D eigenvalue weighted by Gasteiger charge is 2.29. The third-order valence-corrected chi connectivity index (χ3v) is 4.36. The van der Waals surface area contributed by atoms with Gasteiger partial charge >= 0.3 is 0 Å². The van der Waals surface area contributed by atoms with Crippen molar-refractivity contribution in [2.75, 3.05) is 19.6 Å². The first kappa shape index (κ1) is 9.65. The summed E-state index contributed by atoms with van der Waals surface area (Å²) in [4.78, 5) is 1.39. The summed E-state index contributed by atoms with van der Waals surface area (Å²) in [5, 5.41) is 9.10. The van der Waals surface area contributed by atoms with Crippen molar-refractivity contribution in [2.24, 2.45) is 0 Å². The van der Waals surface area contributed by atoms with Crippen molar-refractivity contribution in [3.8, 4) is 0 Å². The molecule has 1 unspecified atom stereocenters. The maximum absolute atomic E-state index is 3.55. The number of hydrogen-bond acceptors (Lipinski definition) is 3. The second-order valence-corrected chi connectivity index (χ2v) is 5.39. The van der Waals surface area contributed by atoms with E-state index in [9.17, 15) is 0 Å². The molecule has 1 atom stereocenters. The van der Waals surface area contributed by atoms with Crippen LogP contribution < -0.4 is 10.6 Å². The minimum absolute atomic E-state index is 0.120. The van der Waals surface area contributed by atoms with Crippen molar-refractivity contribution in [3.63, 3.8) is 0 Å². The predicted molar refractivity (Wildman–Crippen MR) is 60.2 cm³/mol. The molecule has 2 heterocycles. The predicted octanol–water partition coefficient (Wildman–Crippen LogP) is 1.92. The molecule has 2 N–H and O–H groups in total. The van der Waals surface area contributed by atoms with Crippen LogP contribution in [0.2, 0.25) is 0 Å². The van der Waals surface area contributed by atoms with Crippen LogP contribution >= 0.6 is 27.3 Å². The Morgan fingerprint density at radius 1 is 1.54 bits per heavy atom. The van der Waals surface area contributed by atoms with Crippen LogP contribution in [0.15, 0.2) is 15.9 Å². The molecular formula is C9H13BrN2S. The molecule has 0 spiro atoms. The van der Waals surface area contributed by atoms with Crippen LogP contribution in [0.4, 0.5) is 0 Å². The highest BCUT2D eigenvalue weighted by atomic mass is 79.9. The number of halogens is 1. The van der Waals surface area contributed by atoms with Crippen molar-refractivity contribution in [3.05, 3.63) is 20.8 Å². The third-order valence-electron chi connectivity index (χ3n) is 2.41. The Morgan fingerprint density at radius 2 is 2.38 bits per heavy atom. The summed E-state index contributed by atoms with van der Waals surface area (Å²) < 4.78 is 1.18. The molecule has 1 aromatic rings. The van der Waals surface area contributed by atoms with Crippen LogP contribution in [-0.2, 0) is 5.54 Å². The van der Waals surface area contributed by atoms with Crippen LogP contribution in [0.3, 0.4) is 0 Å². The average molecular weight is 261 g/mol. The van der Waals surface area contributed by atoms with Crippen LogP contribution in [0, 0.1) is 0 Å². The SMILES string of the molecule is CC1(c2cc(Br)cs2)CNCCN1. The largest absolute Gasteiger partial charge is 0.313 e. The number of thiophene rings is 1. The Balaban J connectivity index is 2.22. The number of rotatable bonds is 1. The van der Waals surface area contributed by atoms with Gasteiger partial charge < -0.3 is 10.6 Å². The van der Waals surface area contributed by atoms with Gasteiger partial charge in [-0.3, -0.25) is 0 Å². The highest BCUT2D eigenvalue weighted by molar-refractivity contribution is 9.10. The maximum atomic E-state index is 3.55. The van der Waals surface area contributed by atoms with Crippen molar-refractivity contribution < 1.29 is 0 Å². The van der Waals surface area contributed by atoms with Gasteiger partial charge in [-0.15, -0.1) is 11.3 Å². The zero-order valence-electron chi connectivity index (χ0n) is 7.56. The van der Waals surface area contributed by atoms with Gasteiger partial charge in [-0.25, -0.2) is 0 Å². The molecule has 0 saturated carbocycles. The molecule has 1 aromatic heterocycles. The third kappa shape index (κ3) is 1.96. The summed E-state index contributed by atoms with van der Waals surface area (Å²) in [5.41, 5.74) is 0.120. The van der Waals surface area contributed by atoms with E-state index in [1.54, 1.807) is 11.3 Å². The lowest BCUT2D eigenvalue weighted by Gasteiger charge is -2.34. The molecule has 1 saturated heterocycles.